The van der Waals surface area contributed by atoms with E-state index in [-0.39, 0.29) is 23.8 Å². The molecule has 2 N–H and O–H groups in total. The Hall–Kier alpha value is -2.37. The van der Waals surface area contributed by atoms with Gasteiger partial charge in [-0.1, -0.05) is 38.0 Å². The van der Waals surface area contributed by atoms with Crippen molar-refractivity contribution in [1.82, 2.24) is 5.32 Å². The van der Waals surface area contributed by atoms with Crippen molar-refractivity contribution in [2.75, 3.05) is 12.4 Å². The number of rotatable bonds is 14. The van der Waals surface area contributed by atoms with Crippen LogP contribution in [0.5, 0.6) is 0 Å². The van der Waals surface area contributed by atoms with Crippen molar-refractivity contribution < 1.29 is 19.1 Å². The number of hydrogen-bond acceptors (Lipinski definition) is 4. The molecule has 2 amide bonds. The first-order chi connectivity index (χ1) is 13.5. The highest BCUT2D eigenvalue weighted by atomic mass is 16.5. The molecule has 0 heterocycles. The van der Waals surface area contributed by atoms with Crippen LogP contribution in [0, 0.1) is 0 Å². The number of para-hydroxylation sites is 1. The van der Waals surface area contributed by atoms with Gasteiger partial charge in [-0.3, -0.25) is 14.4 Å². The number of ether oxygens (including phenoxy) is 1. The molecule has 0 aliphatic heterocycles. The highest BCUT2D eigenvalue weighted by Crippen LogP contribution is 2.11. The normalized spacial score (nSPS) is 11.5. The Kier molecular flexibility index (Phi) is 12.4. The summed E-state index contributed by atoms with van der Waals surface area (Å²) in [7, 11) is 1.39. The molecule has 6 nitrogen and oxygen atoms in total. The molecule has 1 rings (SSSR count). The summed E-state index contributed by atoms with van der Waals surface area (Å²) >= 11 is 0. The first-order valence-corrected chi connectivity index (χ1v) is 10.3. The number of carbonyl (C=O) groups excluding carboxylic acids is 3. The van der Waals surface area contributed by atoms with Crippen LogP contribution in [0.15, 0.2) is 30.3 Å². The number of anilines is 1. The van der Waals surface area contributed by atoms with Gasteiger partial charge in [-0.2, -0.15) is 0 Å². The number of esters is 1. The molecule has 156 valence electrons. The smallest absolute Gasteiger partial charge is 0.305 e. The summed E-state index contributed by atoms with van der Waals surface area (Å²) in [6.07, 6.45) is 7.07. The zero-order valence-corrected chi connectivity index (χ0v) is 17.2. The summed E-state index contributed by atoms with van der Waals surface area (Å²) in [6.45, 7) is 2.12. The van der Waals surface area contributed by atoms with Gasteiger partial charge in [0.05, 0.1) is 7.11 Å². The predicted octanol–water partition coefficient (Wildman–Crippen LogP) is 4.20. The van der Waals surface area contributed by atoms with E-state index in [0.717, 1.165) is 31.4 Å². The molecule has 0 aromatic heterocycles. The van der Waals surface area contributed by atoms with E-state index in [1.54, 1.807) is 0 Å². The van der Waals surface area contributed by atoms with Gasteiger partial charge in [0.2, 0.25) is 11.8 Å². The predicted molar refractivity (Wildman–Crippen MR) is 111 cm³/mol. The molecule has 6 heteroatoms. The first-order valence-electron chi connectivity index (χ1n) is 10.3. The van der Waals surface area contributed by atoms with Crippen molar-refractivity contribution in [3.63, 3.8) is 0 Å². The van der Waals surface area contributed by atoms with E-state index in [9.17, 15) is 14.4 Å². The minimum atomic E-state index is -0.214. The number of carbonyl (C=O) groups is 3. The van der Waals surface area contributed by atoms with E-state index in [0.29, 0.717) is 38.5 Å². The number of nitrogens with one attached hydrogen (secondary N) is 2. The van der Waals surface area contributed by atoms with E-state index in [1.165, 1.54) is 7.11 Å². The Morgan fingerprint density at radius 2 is 1.54 bits per heavy atom. The van der Waals surface area contributed by atoms with Gasteiger partial charge in [0.1, 0.15) is 0 Å². The summed E-state index contributed by atoms with van der Waals surface area (Å²) < 4.78 is 4.66. The summed E-state index contributed by atoms with van der Waals surface area (Å²) in [5.41, 5.74) is 0.788. The molecule has 0 aliphatic rings. The van der Waals surface area contributed by atoms with Crippen LogP contribution in [0.3, 0.4) is 0 Å². The van der Waals surface area contributed by atoms with Gasteiger partial charge < -0.3 is 15.4 Å². The Morgan fingerprint density at radius 3 is 2.18 bits per heavy atom. The molecule has 0 spiro atoms. The van der Waals surface area contributed by atoms with Gasteiger partial charge in [0, 0.05) is 31.0 Å². The number of amides is 2. The third-order valence-electron chi connectivity index (χ3n) is 4.55. The van der Waals surface area contributed by atoms with Crippen molar-refractivity contribution in [1.29, 1.82) is 0 Å². The highest BCUT2D eigenvalue weighted by molar-refractivity contribution is 5.90. The van der Waals surface area contributed by atoms with E-state index in [2.05, 4.69) is 22.3 Å². The van der Waals surface area contributed by atoms with Crippen LogP contribution in [-0.4, -0.2) is 30.9 Å². The van der Waals surface area contributed by atoms with Crippen molar-refractivity contribution in [3.05, 3.63) is 30.3 Å². The van der Waals surface area contributed by atoms with Gasteiger partial charge in [0.15, 0.2) is 0 Å². The van der Waals surface area contributed by atoms with Crippen LogP contribution < -0.4 is 10.6 Å². The molecule has 0 fully saturated rings. The molecular weight excluding hydrogens is 356 g/mol. The average molecular weight is 391 g/mol. The lowest BCUT2D eigenvalue weighted by molar-refractivity contribution is -0.140. The lowest BCUT2D eigenvalue weighted by atomic mass is 10.0. The van der Waals surface area contributed by atoms with Gasteiger partial charge in [-0.15, -0.1) is 0 Å². The molecule has 1 aromatic carbocycles. The Morgan fingerprint density at radius 1 is 0.893 bits per heavy atom. The van der Waals surface area contributed by atoms with Crippen LogP contribution >= 0.6 is 0 Å². The molecule has 1 atom stereocenters. The number of unbranched alkanes of at least 4 members (excludes halogenated alkanes) is 2. The molecule has 1 aromatic rings. The second kappa shape index (κ2) is 14.7. The molecule has 0 saturated carbocycles. The third kappa shape index (κ3) is 11.4. The minimum Gasteiger partial charge on any atom is -0.469 e. The standard InChI is InChI=1S/C22H34N2O4/c1-3-4-11-18(14-10-17-22(27)28-2)23-20(25)15-8-9-16-21(26)24-19-12-6-5-7-13-19/h5-7,12-13,18H,3-4,8-11,14-17H2,1-2H3,(H,23,25)(H,24,26)/t18-/m0/s1. The molecular formula is C22H34N2O4. The summed E-state index contributed by atoms with van der Waals surface area (Å²) in [4.78, 5) is 35.3. The first kappa shape index (κ1) is 23.7. The van der Waals surface area contributed by atoms with Crippen LogP contribution in [0.1, 0.15) is 71.1 Å². The largest absolute Gasteiger partial charge is 0.469 e. The van der Waals surface area contributed by atoms with E-state index >= 15 is 0 Å². The zero-order chi connectivity index (χ0) is 20.6. The maximum absolute atomic E-state index is 12.2. The molecule has 0 saturated heterocycles. The Balaban J connectivity index is 2.23. The third-order valence-corrected chi connectivity index (χ3v) is 4.55. The van der Waals surface area contributed by atoms with Gasteiger partial charge >= 0.3 is 5.97 Å². The highest BCUT2D eigenvalue weighted by Gasteiger charge is 2.13. The SMILES string of the molecule is CCCC[C@@H](CCCC(=O)OC)NC(=O)CCCCC(=O)Nc1ccccc1. The average Bonchev–Trinajstić information content (AvgIpc) is 2.69. The van der Waals surface area contributed by atoms with Crippen LogP contribution in [0.4, 0.5) is 5.69 Å². The monoisotopic (exact) mass is 390 g/mol. The minimum absolute atomic E-state index is 0.0163. The van der Waals surface area contributed by atoms with Gasteiger partial charge in [0.25, 0.3) is 0 Å². The fourth-order valence-electron chi connectivity index (χ4n) is 2.95. The molecule has 0 aliphatic carbocycles. The van der Waals surface area contributed by atoms with Crippen LogP contribution in [-0.2, 0) is 19.1 Å². The fourth-order valence-corrected chi connectivity index (χ4v) is 2.95. The van der Waals surface area contributed by atoms with Crippen molar-refractivity contribution in [3.8, 4) is 0 Å². The summed E-state index contributed by atoms with van der Waals surface area (Å²) in [5.74, 6) is -0.229. The number of hydrogen-bond donors (Lipinski definition) is 2. The number of benzene rings is 1. The molecule has 0 unspecified atom stereocenters. The summed E-state index contributed by atoms with van der Waals surface area (Å²) in [6, 6.07) is 9.44. The molecule has 0 bridgehead atoms. The Bertz CT molecular complexity index is 589. The summed E-state index contributed by atoms with van der Waals surface area (Å²) in [5, 5.41) is 5.93. The van der Waals surface area contributed by atoms with Crippen LogP contribution in [0.25, 0.3) is 0 Å². The molecule has 28 heavy (non-hydrogen) atoms. The lowest BCUT2D eigenvalue weighted by Gasteiger charge is -2.18. The van der Waals surface area contributed by atoms with Crippen LogP contribution in [0.2, 0.25) is 0 Å². The van der Waals surface area contributed by atoms with E-state index < -0.39 is 0 Å². The quantitative estimate of drug-likeness (QED) is 0.368. The maximum Gasteiger partial charge on any atom is 0.305 e. The second-order valence-electron chi connectivity index (χ2n) is 7.00. The van der Waals surface area contributed by atoms with Gasteiger partial charge in [-0.25, -0.2) is 0 Å². The van der Waals surface area contributed by atoms with E-state index in [1.807, 2.05) is 30.3 Å². The number of methoxy groups -OCH3 is 1. The maximum atomic E-state index is 12.2. The van der Waals surface area contributed by atoms with Crippen molar-refractivity contribution in [2.24, 2.45) is 0 Å². The molecule has 0 radical (unpaired) electrons. The van der Waals surface area contributed by atoms with Crippen molar-refractivity contribution in [2.45, 2.75) is 77.2 Å². The Labute approximate surface area is 168 Å². The zero-order valence-electron chi connectivity index (χ0n) is 17.2. The topological polar surface area (TPSA) is 84.5 Å². The second-order valence-corrected chi connectivity index (χ2v) is 7.00. The van der Waals surface area contributed by atoms with Gasteiger partial charge in [-0.05, 0) is 44.2 Å². The van der Waals surface area contributed by atoms with Crippen molar-refractivity contribution >= 4 is 23.5 Å². The van der Waals surface area contributed by atoms with E-state index in [4.69, 9.17) is 0 Å². The lowest BCUT2D eigenvalue weighted by Crippen LogP contribution is -2.34. The fraction of sp³-hybridized carbons (Fsp3) is 0.591.